The molecule has 0 aliphatic heterocycles. The van der Waals surface area contributed by atoms with Crippen LogP contribution >= 0.6 is 0 Å². The first kappa shape index (κ1) is 20.4. The molecular weight excluding hydrogens is 348 g/mol. The van der Waals surface area contributed by atoms with Crippen LogP contribution in [0.2, 0.25) is 0 Å². The van der Waals surface area contributed by atoms with Crippen LogP contribution in [0.15, 0.2) is 24.3 Å². The highest BCUT2D eigenvalue weighted by atomic mass is 16.5. The Balaban J connectivity index is 2.16. The maximum absolute atomic E-state index is 12.5. The van der Waals surface area contributed by atoms with Crippen molar-refractivity contribution < 1.29 is 19.4 Å². The number of nitrogens with one attached hydrogen (secondary N) is 1. The number of benzene rings is 1. The van der Waals surface area contributed by atoms with Crippen LogP contribution in [-0.4, -0.2) is 45.1 Å². The Morgan fingerprint density at radius 3 is 2.41 bits per heavy atom. The summed E-state index contributed by atoms with van der Waals surface area (Å²) in [7, 11) is 1.58. The number of aliphatic carboxylic acids is 1. The molecule has 146 valence electrons. The number of carboxylic acid groups (broad SMARTS) is 1. The van der Waals surface area contributed by atoms with E-state index in [0.29, 0.717) is 24.3 Å². The molecule has 1 atom stereocenters. The molecular formula is C19H26N4O4. The van der Waals surface area contributed by atoms with Gasteiger partial charge in [-0.2, -0.15) is 0 Å². The van der Waals surface area contributed by atoms with E-state index in [9.17, 15) is 14.7 Å². The van der Waals surface area contributed by atoms with Gasteiger partial charge in [-0.15, -0.1) is 5.10 Å². The van der Waals surface area contributed by atoms with Crippen molar-refractivity contribution in [3.05, 3.63) is 35.7 Å². The largest absolute Gasteiger partial charge is 0.497 e. The highest BCUT2D eigenvalue weighted by molar-refractivity contribution is 5.95. The molecule has 8 heteroatoms. The molecule has 1 amide bonds. The third-order valence-corrected chi connectivity index (χ3v) is 4.21. The van der Waals surface area contributed by atoms with Gasteiger partial charge >= 0.3 is 5.97 Å². The molecule has 2 N–H and O–H groups in total. The summed E-state index contributed by atoms with van der Waals surface area (Å²) in [6.45, 7) is 7.79. The Morgan fingerprint density at radius 2 is 1.89 bits per heavy atom. The Labute approximate surface area is 158 Å². The summed E-state index contributed by atoms with van der Waals surface area (Å²) in [5, 5.41) is 19.9. The van der Waals surface area contributed by atoms with Crippen LogP contribution in [0.25, 0.3) is 5.69 Å². The normalized spacial score (nSPS) is 12.5. The van der Waals surface area contributed by atoms with Crippen LogP contribution < -0.4 is 10.1 Å². The Hall–Kier alpha value is -2.90. The van der Waals surface area contributed by atoms with Gasteiger partial charge in [0.1, 0.15) is 11.8 Å². The van der Waals surface area contributed by atoms with Crippen molar-refractivity contribution in [2.24, 2.45) is 5.41 Å². The molecule has 2 aromatic rings. The molecule has 0 saturated carbocycles. The molecule has 1 aromatic heterocycles. The standard InChI is InChI=1S/C19H26N4O4/c1-12-16(17(24)20-15(18(25)26)10-11-19(2,3)4)21-22-23(12)13-6-8-14(27-5)9-7-13/h6-9,15H,10-11H2,1-5H3,(H,20,24)(H,25,26). The van der Waals surface area contributed by atoms with E-state index < -0.39 is 17.9 Å². The van der Waals surface area contributed by atoms with Gasteiger partial charge in [-0.05, 0) is 49.4 Å². The second-order valence-electron chi connectivity index (χ2n) is 7.60. The van der Waals surface area contributed by atoms with Crippen LogP contribution in [-0.2, 0) is 4.79 Å². The Bertz CT molecular complexity index is 806. The zero-order valence-corrected chi connectivity index (χ0v) is 16.3. The fourth-order valence-corrected chi connectivity index (χ4v) is 2.57. The molecule has 0 saturated heterocycles. The fourth-order valence-electron chi connectivity index (χ4n) is 2.57. The van der Waals surface area contributed by atoms with E-state index in [1.165, 1.54) is 4.68 Å². The summed E-state index contributed by atoms with van der Waals surface area (Å²) >= 11 is 0. The Morgan fingerprint density at radius 1 is 1.26 bits per heavy atom. The van der Waals surface area contributed by atoms with Crippen molar-refractivity contribution >= 4 is 11.9 Å². The van der Waals surface area contributed by atoms with Crippen molar-refractivity contribution in [3.8, 4) is 11.4 Å². The van der Waals surface area contributed by atoms with Gasteiger partial charge in [-0.1, -0.05) is 26.0 Å². The van der Waals surface area contributed by atoms with E-state index in [1.807, 2.05) is 20.8 Å². The number of rotatable bonds is 7. The third kappa shape index (κ3) is 5.29. The Kier molecular flexibility index (Phi) is 6.20. The van der Waals surface area contributed by atoms with Crippen molar-refractivity contribution in [2.45, 2.75) is 46.6 Å². The van der Waals surface area contributed by atoms with Crippen LogP contribution in [0.1, 0.15) is 49.8 Å². The molecule has 0 aliphatic rings. The number of nitrogens with zero attached hydrogens (tertiary/aromatic N) is 3. The maximum atomic E-state index is 12.5. The van der Waals surface area contributed by atoms with E-state index in [1.54, 1.807) is 38.3 Å². The number of carbonyl (C=O) groups excluding carboxylic acids is 1. The topological polar surface area (TPSA) is 106 Å². The molecule has 1 heterocycles. The quantitative estimate of drug-likeness (QED) is 0.771. The first-order valence-corrected chi connectivity index (χ1v) is 8.73. The molecule has 8 nitrogen and oxygen atoms in total. The lowest BCUT2D eigenvalue weighted by molar-refractivity contribution is -0.139. The summed E-state index contributed by atoms with van der Waals surface area (Å²) in [6, 6.07) is 6.19. The molecule has 0 spiro atoms. The second kappa shape index (κ2) is 8.20. The van der Waals surface area contributed by atoms with E-state index in [0.717, 1.165) is 5.69 Å². The summed E-state index contributed by atoms with van der Waals surface area (Å²) in [4.78, 5) is 24.0. The number of amides is 1. The summed E-state index contributed by atoms with van der Waals surface area (Å²) in [5.74, 6) is -0.904. The minimum atomic E-state index is -1.06. The average Bonchev–Trinajstić information content (AvgIpc) is 2.99. The van der Waals surface area contributed by atoms with Gasteiger partial charge in [-0.3, -0.25) is 4.79 Å². The van der Waals surface area contributed by atoms with E-state index in [4.69, 9.17) is 4.74 Å². The van der Waals surface area contributed by atoms with Crippen molar-refractivity contribution in [1.29, 1.82) is 0 Å². The van der Waals surface area contributed by atoms with Crippen molar-refractivity contribution in [3.63, 3.8) is 0 Å². The highest BCUT2D eigenvalue weighted by Gasteiger charge is 2.26. The number of methoxy groups -OCH3 is 1. The first-order valence-electron chi connectivity index (χ1n) is 8.73. The number of aromatic nitrogens is 3. The lowest BCUT2D eigenvalue weighted by Crippen LogP contribution is -2.41. The van der Waals surface area contributed by atoms with Gasteiger partial charge in [0.15, 0.2) is 5.69 Å². The van der Waals surface area contributed by atoms with Crippen LogP contribution in [0.4, 0.5) is 0 Å². The predicted molar refractivity (Wildman–Crippen MR) is 100 cm³/mol. The number of hydrogen-bond acceptors (Lipinski definition) is 5. The highest BCUT2D eigenvalue weighted by Crippen LogP contribution is 2.22. The van der Waals surface area contributed by atoms with Crippen LogP contribution in [0.3, 0.4) is 0 Å². The molecule has 0 radical (unpaired) electrons. The van der Waals surface area contributed by atoms with Gasteiger partial charge in [0.25, 0.3) is 5.91 Å². The monoisotopic (exact) mass is 374 g/mol. The molecule has 1 unspecified atom stereocenters. The molecule has 2 rings (SSSR count). The minimum absolute atomic E-state index is 0.0220. The summed E-state index contributed by atoms with van der Waals surface area (Å²) in [5.41, 5.74) is 1.33. The average molecular weight is 374 g/mol. The smallest absolute Gasteiger partial charge is 0.326 e. The van der Waals surface area contributed by atoms with Crippen LogP contribution in [0, 0.1) is 12.3 Å². The molecule has 0 bridgehead atoms. The fraction of sp³-hybridized carbons (Fsp3) is 0.474. The van der Waals surface area contributed by atoms with Gasteiger partial charge in [0, 0.05) is 0 Å². The first-order chi connectivity index (χ1) is 12.6. The maximum Gasteiger partial charge on any atom is 0.326 e. The zero-order valence-electron chi connectivity index (χ0n) is 16.3. The number of carbonyl (C=O) groups is 2. The molecule has 0 fully saturated rings. The number of hydrogen-bond donors (Lipinski definition) is 2. The van der Waals surface area contributed by atoms with E-state index in [2.05, 4.69) is 15.6 Å². The van der Waals surface area contributed by atoms with Crippen molar-refractivity contribution in [2.75, 3.05) is 7.11 Å². The number of carboxylic acids is 1. The zero-order chi connectivity index (χ0) is 20.2. The van der Waals surface area contributed by atoms with Crippen molar-refractivity contribution in [1.82, 2.24) is 20.3 Å². The van der Waals surface area contributed by atoms with Gasteiger partial charge < -0.3 is 15.2 Å². The predicted octanol–water partition coefficient (Wildman–Crippen LogP) is 2.59. The van der Waals surface area contributed by atoms with Gasteiger partial charge in [-0.25, -0.2) is 9.48 Å². The third-order valence-electron chi connectivity index (χ3n) is 4.21. The lowest BCUT2D eigenvalue weighted by Gasteiger charge is -2.21. The molecule has 1 aromatic carbocycles. The molecule has 0 aliphatic carbocycles. The molecule has 27 heavy (non-hydrogen) atoms. The summed E-state index contributed by atoms with van der Waals surface area (Å²) < 4.78 is 6.65. The second-order valence-corrected chi connectivity index (χ2v) is 7.60. The number of ether oxygens (including phenoxy) is 1. The van der Waals surface area contributed by atoms with E-state index in [-0.39, 0.29) is 11.1 Å². The summed E-state index contributed by atoms with van der Waals surface area (Å²) in [6.07, 6.45) is 1.01. The van der Waals surface area contributed by atoms with Gasteiger partial charge in [0.05, 0.1) is 18.5 Å². The van der Waals surface area contributed by atoms with Gasteiger partial charge in [0.2, 0.25) is 0 Å². The lowest BCUT2D eigenvalue weighted by atomic mass is 9.88. The minimum Gasteiger partial charge on any atom is -0.497 e. The SMILES string of the molecule is COc1ccc(-n2nnc(C(=O)NC(CCC(C)(C)C)C(=O)O)c2C)cc1. The van der Waals surface area contributed by atoms with Crippen LogP contribution in [0.5, 0.6) is 5.75 Å². The van der Waals surface area contributed by atoms with E-state index >= 15 is 0 Å².